The van der Waals surface area contributed by atoms with Gasteiger partial charge in [0, 0.05) is 23.9 Å². The Morgan fingerprint density at radius 1 is 0.900 bits per heavy atom. The molecule has 3 aromatic rings. The Bertz CT molecular complexity index is 1110. The van der Waals surface area contributed by atoms with Gasteiger partial charge in [0.2, 0.25) is 0 Å². The van der Waals surface area contributed by atoms with Crippen LogP contribution in [0, 0.1) is 11.6 Å². The van der Waals surface area contributed by atoms with Crippen LogP contribution in [0.25, 0.3) is 11.1 Å². The first-order chi connectivity index (χ1) is 14.3. The molecule has 1 N–H and O–H groups in total. The Kier molecular flexibility index (Phi) is 6.84. The van der Waals surface area contributed by atoms with Gasteiger partial charge in [0.1, 0.15) is 11.6 Å². The molecule has 3 aromatic carbocycles. The monoisotopic (exact) mass is 430 g/mol. The number of nitrogens with one attached hydrogen (secondary N) is 1. The molecule has 0 saturated heterocycles. The number of nitrogens with zero attached hydrogens (tertiary/aromatic N) is 1. The van der Waals surface area contributed by atoms with Crippen LogP contribution in [-0.4, -0.2) is 26.4 Å². The van der Waals surface area contributed by atoms with E-state index in [0.717, 1.165) is 37.3 Å². The molecule has 0 radical (unpaired) electrons. The van der Waals surface area contributed by atoms with E-state index >= 15 is 0 Å². The highest BCUT2D eigenvalue weighted by molar-refractivity contribution is 7.92. The summed E-state index contributed by atoms with van der Waals surface area (Å²) in [5, 5.41) is 0. The Labute approximate surface area is 176 Å². The van der Waals surface area contributed by atoms with Crippen molar-refractivity contribution >= 4 is 15.7 Å². The van der Waals surface area contributed by atoms with Gasteiger partial charge in [-0.15, -0.1) is 0 Å². The van der Waals surface area contributed by atoms with Gasteiger partial charge in [0.15, 0.2) is 0 Å². The molecule has 0 saturated carbocycles. The minimum absolute atomic E-state index is 0.0583. The second-order valence-electron chi connectivity index (χ2n) is 6.92. The largest absolute Gasteiger partial charge is 0.300 e. The first-order valence-corrected chi connectivity index (χ1v) is 11.2. The van der Waals surface area contributed by atoms with Crippen molar-refractivity contribution in [3.05, 3.63) is 83.9 Å². The van der Waals surface area contributed by atoms with Crippen LogP contribution in [0.3, 0.4) is 0 Å². The molecule has 0 aliphatic carbocycles. The molecule has 0 amide bonds. The summed E-state index contributed by atoms with van der Waals surface area (Å²) >= 11 is 0. The van der Waals surface area contributed by atoms with Crippen molar-refractivity contribution in [1.82, 2.24) is 4.90 Å². The Morgan fingerprint density at radius 3 is 2.23 bits per heavy atom. The highest BCUT2D eigenvalue weighted by atomic mass is 32.2. The van der Waals surface area contributed by atoms with Crippen LogP contribution in [0.5, 0.6) is 0 Å². The van der Waals surface area contributed by atoms with Crippen molar-refractivity contribution in [2.75, 3.05) is 17.8 Å². The maximum atomic E-state index is 14.0. The summed E-state index contributed by atoms with van der Waals surface area (Å²) in [6.07, 6.45) is 0. The van der Waals surface area contributed by atoms with Gasteiger partial charge in [0.05, 0.1) is 4.90 Å². The lowest BCUT2D eigenvalue weighted by atomic mass is 10.1. The van der Waals surface area contributed by atoms with Crippen LogP contribution >= 0.6 is 0 Å². The fraction of sp³-hybridized carbons (Fsp3) is 0.217. The average Bonchev–Trinajstić information content (AvgIpc) is 2.72. The summed E-state index contributed by atoms with van der Waals surface area (Å²) in [5.41, 5.74) is 2.17. The molecule has 0 aromatic heterocycles. The average molecular weight is 431 g/mol. The molecule has 7 heteroatoms. The summed E-state index contributed by atoms with van der Waals surface area (Å²) in [6.45, 7) is 6.72. The molecule has 0 aliphatic rings. The van der Waals surface area contributed by atoms with Crippen LogP contribution in [0.4, 0.5) is 14.5 Å². The van der Waals surface area contributed by atoms with Crippen LogP contribution < -0.4 is 4.72 Å². The highest BCUT2D eigenvalue weighted by Crippen LogP contribution is 2.26. The number of halogens is 2. The lowest BCUT2D eigenvalue weighted by Crippen LogP contribution is -2.22. The molecule has 0 heterocycles. The third kappa shape index (κ3) is 5.23. The van der Waals surface area contributed by atoms with Crippen molar-refractivity contribution in [1.29, 1.82) is 0 Å². The molecule has 0 fully saturated rings. The van der Waals surface area contributed by atoms with E-state index < -0.39 is 21.7 Å². The number of hydrogen-bond acceptors (Lipinski definition) is 3. The Hall–Kier alpha value is -2.77. The summed E-state index contributed by atoms with van der Waals surface area (Å²) in [4.78, 5) is 2.30. The molecule has 4 nitrogen and oxygen atoms in total. The zero-order valence-electron chi connectivity index (χ0n) is 16.9. The van der Waals surface area contributed by atoms with Crippen LogP contribution in [0.2, 0.25) is 0 Å². The minimum Gasteiger partial charge on any atom is -0.300 e. The van der Waals surface area contributed by atoms with E-state index in [1.54, 1.807) is 6.07 Å². The van der Waals surface area contributed by atoms with E-state index in [4.69, 9.17) is 0 Å². The highest BCUT2D eigenvalue weighted by Gasteiger charge is 2.15. The van der Waals surface area contributed by atoms with Gasteiger partial charge >= 0.3 is 0 Å². The molecule has 3 rings (SSSR count). The first-order valence-electron chi connectivity index (χ1n) is 9.72. The van der Waals surface area contributed by atoms with Gasteiger partial charge in [-0.1, -0.05) is 38.1 Å². The lowest BCUT2D eigenvalue weighted by molar-refractivity contribution is 0.296. The number of hydrogen-bond donors (Lipinski definition) is 1. The molecule has 0 aliphatic heterocycles. The zero-order chi connectivity index (χ0) is 21.7. The van der Waals surface area contributed by atoms with Gasteiger partial charge in [-0.2, -0.15) is 0 Å². The Balaban J connectivity index is 1.79. The maximum absolute atomic E-state index is 14.0. The number of anilines is 1. The quantitative estimate of drug-likeness (QED) is 0.529. The van der Waals surface area contributed by atoms with Gasteiger partial charge in [-0.05, 0) is 60.6 Å². The number of rotatable bonds is 8. The van der Waals surface area contributed by atoms with E-state index in [1.807, 2.05) is 18.2 Å². The van der Waals surface area contributed by atoms with Crippen molar-refractivity contribution in [2.24, 2.45) is 0 Å². The summed E-state index contributed by atoms with van der Waals surface area (Å²) in [6, 6.07) is 16.4. The van der Waals surface area contributed by atoms with Gasteiger partial charge in [0.25, 0.3) is 10.0 Å². The van der Waals surface area contributed by atoms with Crippen molar-refractivity contribution in [3.63, 3.8) is 0 Å². The Morgan fingerprint density at radius 2 is 1.60 bits per heavy atom. The SMILES string of the molecule is CCN(CC)Cc1cccc(NS(=O)(=O)c2ccc(-c3ccc(F)cc3F)cc2)c1. The van der Waals surface area contributed by atoms with Gasteiger partial charge in [-0.3, -0.25) is 9.62 Å². The number of sulfonamides is 1. The molecule has 30 heavy (non-hydrogen) atoms. The van der Waals surface area contributed by atoms with Crippen molar-refractivity contribution < 1.29 is 17.2 Å². The normalized spacial score (nSPS) is 11.6. The van der Waals surface area contributed by atoms with E-state index in [2.05, 4.69) is 23.5 Å². The van der Waals surface area contributed by atoms with E-state index in [1.165, 1.54) is 30.3 Å². The van der Waals surface area contributed by atoms with Gasteiger partial charge < -0.3 is 0 Å². The smallest absolute Gasteiger partial charge is 0.261 e. The molecule has 0 atom stereocenters. The molecular weight excluding hydrogens is 406 g/mol. The second kappa shape index (κ2) is 9.36. The van der Waals surface area contributed by atoms with Crippen molar-refractivity contribution in [3.8, 4) is 11.1 Å². The fourth-order valence-corrected chi connectivity index (χ4v) is 4.24. The molecule has 0 bridgehead atoms. The summed E-state index contributed by atoms with van der Waals surface area (Å²) in [5.74, 6) is -1.36. The molecule has 158 valence electrons. The molecule has 0 unspecified atom stereocenters. The van der Waals surface area contributed by atoms with Crippen LogP contribution in [0.1, 0.15) is 19.4 Å². The summed E-state index contributed by atoms with van der Waals surface area (Å²) < 4.78 is 55.2. The van der Waals surface area contributed by atoms with Crippen LogP contribution in [-0.2, 0) is 16.6 Å². The minimum atomic E-state index is -3.80. The van der Waals surface area contributed by atoms with E-state index in [9.17, 15) is 17.2 Å². The van der Waals surface area contributed by atoms with Crippen LogP contribution in [0.15, 0.2) is 71.6 Å². The summed E-state index contributed by atoms with van der Waals surface area (Å²) in [7, 11) is -3.80. The topological polar surface area (TPSA) is 49.4 Å². The molecular formula is C23H24F2N2O2S. The third-order valence-corrected chi connectivity index (χ3v) is 6.28. The van der Waals surface area contributed by atoms with Crippen molar-refractivity contribution in [2.45, 2.75) is 25.3 Å². The van der Waals surface area contributed by atoms with E-state index in [0.29, 0.717) is 11.3 Å². The standard InChI is InChI=1S/C23H24F2N2O2S/c1-3-27(4-2)16-17-6-5-7-20(14-17)26-30(28,29)21-11-8-18(9-12-21)22-13-10-19(24)15-23(22)25/h5-15,26H,3-4,16H2,1-2H3. The number of benzene rings is 3. The zero-order valence-corrected chi connectivity index (χ0v) is 17.7. The maximum Gasteiger partial charge on any atom is 0.261 e. The fourth-order valence-electron chi connectivity index (χ4n) is 3.19. The second-order valence-corrected chi connectivity index (χ2v) is 8.60. The predicted octanol–water partition coefficient (Wildman–Crippen LogP) is 5.27. The predicted molar refractivity (Wildman–Crippen MR) is 116 cm³/mol. The molecule has 0 spiro atoms. The lowest BCUT2D eigenvalue weighted by Gasteiger charge is -2.18. The first kappa shape index (κ1) is 21.9. The third-order valence-electron chi connectivity index (χ3n) is 4.89. The van der Waals surface area contributed by atoms with E-state index in [-0.39, 0.29) is 10.5 Å². The van der Waals surface area contributed by atoms with Gasteiger partial charge in [-0.25, -0.2) is 17.2 Å².